The Bertz CT molecular complexity index is 547. The van der Waals surface area contributed by atoms with E-state index in [1.807, 2.05) is 12.1 Å². The molecule has 1 aromatic carbocycles. The summed E-state index contributed by atoms with van der Waals surface area (Å²) in [4.78, 5) is 7.91. The van der Waals surface area contributed by atoms with Gasteiger partial charge in [-0.1, -0.05) is 11.6 Å². The van der Waals surface area contributed by atoms with E-state index in [2.05, 4.69) is 20.6 Å². The number of rotatable bonds is 3. The first-order valence-corrected chi connectivity index (χ1v) is 5.15. The smallest absolute Gasteiger partial charge is 0.182 e. The fourth-order valence-corrected chi connectivity index (χ4v) is 1.36. The Morgan fingerprint density at radius 3 is 2.53 bits per heavy atom. The molecule has 6 heteroatoms. The van der Waals surface area contributed by atoms with E-state index in [1.54, 1.807) is 24.4 Å². The van der Waals surface area contributed by atoms with Gasteiger partial charge in [0.2, 0.25) is 0 Å². The van der Waals surface area contributed by atoms with Crippen LogP contribution in [-0.2, 0) is 0 Å². The number of hydrogen-bond acceptors (Lipinski definition) is 5. The van der Waals surface area contributed by atoms with Gasteiger partial charge in [-0.2, -0.15) is 5.26 Å². The number of nitrogens with one attached hydrogen (secondary N) is 2. The van der Waals surface area contributed by atoms with E-state index in [0.717, 1.165) is 5.69 Å². The Labute approximate surface area is 103 Å². The van der Waals surface area contributed by atoms with Crippen LogP contribution in [0.15, 0.2) is 36.7 Å². The average molecular weight is 246 g/mol. The summed E-state index contributed by atoms with van der Waals surface area (Å²) < 4.78 is 0. The molecular weight excluding hydrogens is 238 g/mol. The lowest BCUT2D eigenvalue weighted by Crippen LogP contribution is -1.97. The van der Waals surface area contributed by atoms with Gasteiger partial charge in [-0.15, -0.1) is 0 Å². The Balaban J connectivity index is 2.16. The Kier molecular flexibility index (Phi) is 3.38. The summed E-state index contributed by atoms with van der Waals surface area (Å²) >= 11 is 5.78. The van der Waals surface area contributed by atoms with Gasteiger partial charge in [-0.3, -0.25) is 5.32 Å². The lowest BCUT2D eigenvalue weighted by Gasteiger charge is -2.05. The van der Waals surface area contributed by atoms with Crippen LogP contribution < -0.4 is 10.6 Å². The van der Waals surface area contributed by atoms with E-state index in [-0.39, 0.29) is 0 Å². The van der Waals surface area contributed by atoms with Crippen molar-refractivity contribution in [3.8, 4) is 6.19 Å². The third kappa shape index (κ3) is 3.06. The molecule has 0 aliphatic heterocycles. The summed E-state index contributed by atoms with van der Waals surface area (Å²) in [6.07, 6.45) is 3.17. The predicted octanol–water partition coefficient (Wildman–Crippen LogP) is 2.77. The van der Waals surface area contributed by atoms with Crippen LogP contribution in [0.3, 0.4) is 0 Å². The highest BCUT2D eigenvalue weighted by Gasteiger charge is 1.98. The van der Waals surface area contributed by atoms with Gasteiger partial charge in [0.1, 0.15) is 18.0 Å². The van der Waals surface area contributed by atoms with Gasteiger partial charge in [0.15, 0.2) is 6.19 Å². The van der Waals surface area contributed by atoms with Gasteiger partial charge in [0.25, 0.3) is 0 Å². The number of aromatic nitrogens is 2. The van der Waals surface area contributed by atoms with Gasteiger partial charge in [0.05, 0.1) is 0 Å². The molecule has 17 heavy (non-hydrogen) atoms. The highest BCUT2D eigenvalue weighted by atomic mass is 35.5. The molecule has 0 spiro atoms. The van der Waals surface area contributed by atoms with Crippen LogP contribution in [0.4, 0.5) is 17.3 Å². The third-order valence-corrected chi connectivity index (χ3v) is 2.22. The molecule has 5 nitrogen and oxygen atoms in total. The minimum Gasteiger partial charge on any atom is -0.340 e. The second kappa shape index (κ2) is 5.14. The minimum atomic E-state index is 0.443. The molecule has 0 fully saturated rings. The average Bonchev–Trinajstić information content (AvgIpc) is 2.33. The monoisotopic (exact) mass is 245 g/mol. The maximum atomic E-state index is 8.47. The molecule has 0 saturated heterocycles. The van der Waals surface area contributed by atoms with E-state index < -0.39 is 0 Å². The molecule has 0 aliphatic rings. The van der Waals surface area contributed by atoms with Gasteiger partial charge in [-0.25, -0.2) is 9.97 Å². The van der Waals surface area contributed by atoms with E-state index >= 15 is 0 Å². The van der Waals surface area contributed by atoms with Gasteiger partial charge in [0, 0.05) is 16.8 Å². The van der Waals surface area contributed by atoms with Crippen molar-refractivity contribution in [2.45, 2.75) is 0 Å². The molecule has 1 aromatic heterocycles. The summed E-state index contributed by atoms with van der Waals surface area (Å²) in [7, 11) is 0. The minimum absolute atomic E-state index is 0.443. The molecule has 0 saturated carbocycles. The molecule has 0 bridgehead atoms. The fraction of sp³-hybridized carbons (Fsp3) is 0. The first-order valence-electron chi connectivity index (χ1n) is 4.77. The molecule has 84 valence electrons. The largest absolute Gasteiger partial charge is 0.340 e. The SMILES string of the molecule is N#CNc1cc(Nc2ccc(Cl)cc2)ncn1. The summed E-state index contributed by atoms with van der Waals surface area (Å²) in [6.45, 7) is 0. The summed E-state index contributed by atoms with van der Waals surface area (Å²) in [5.41, 5.74) is 0.857. The summed E-state index contributed by atoms with van der Waals surface area (Å²) in [5, 5.41) is 14.7. The van der Waals surface area contributed by atoms with Crippen molar-refractivity contribution in [3.05, 3.63) is 41.7 Å². The van der Waals surface area contributed by atoms with Gasteiger partial charge >= 0.3 is 0 Å². The zero-order chi connectivity index (χ0) is 12.1. The van der Waals surface area contributed by atoms with Crippen molar-refractivity contribution in [1.82, 2.24) is 9.97 Å². The Morgan fingerprint density at radius 2 is 1.82 bits per heavy atom. The maximum Gasteiger partial charge on any atom is 0.182 e. The van der Waals surface area contributed by atoms with Crippen LogP contribution in [0, 0.1) is 11.5 Å². The van der Waals surface area contributed by atoms with Crippen molar-refractivity contribution >= 4 is 28.9 Å². The molecular formula is C11H8ClN5. The van der Waals surface area contributed by atoms with E-state index in [1.165, 1.54) is 6.33 Å². The molecule has 0 radical (unpaired) electrons. The third-order valence-electron chi connectivity index (χ3n) is 1.97. The fourth-order valence-electron chi connectivity index (χ4n) is 1.23. The molecule has 2 rings (SSSR count). The van der Waals surface area contributed by atoms with Crippen LogP contribution >= 0.6 is 11.6 Å². The molecule has 0 aliphatic carbocycles. The van der Waals surface area contributed by atoms with Gasteiger partial charge in [-0.05, 0) is 24.3 Å². The zero-order valence-electron chi connectivity index (χ0n) is 8.68. The summed E-state index contributed by atoms with van der Waals surface area (Å²) in [5.74, 6) is 1.04. The van der Waals surface area contributed by atoms with Crippen molar-refractivity contribution in [3.63, 3.8) is 0 Å². The molecule has 0 amide bonds. The molecule has 2 N–H and O–H groups in total. The van der Waals surface area contributed by atoms with Crippen molar-refractivity contribution in [1.29, 1.82) is 5.26 Å². The van der Waals surface area contributed by atoms with E-state index in [4.69, 9.17) is 16.9 Å². The van der Waals surface area contributed by atoms with Crippen LogP contribution in [0.25, 0.3) is 0 Å². The van der Waals surface area contributed by atoms with Gasteiger partial charge < -0.3 is 5.32 Å². The number of halogens is 1. The number of anilines is 3. The normalized spacial score (nSPS) is 9.41. The Hall–Kier alpha value is -2.32. The maximum absolute atomic E-state index is 8.47. The topological polar surface area (TPSA) is 73.6 Å². The quantitative estimate of drug-likeness (QED) is 0.643. The molecule has 0 atom stereocenters. The molecule has 1 heterocycles. The van der Waals surface area contributed by atoms with Crippen LogP contribution in [0.1, 0.15) is 0 Å². The van der Waals surface area contributed by atoms with Crippen molar-refractivity contribution in [2.24, 2.45) is 0 Å². The Morgan fingerprint density at radius 1 is 1.12 bits per heavy atom. The first kappa shape index (κ1) is 11.2. The number of nitriles is 1. The van der Waals surface area contributed by atoms with Crippen molar-refractivity contribution in [2.75, 3.05) is 10.6 Å². The highest BCUT2D eigenvalue weighted by molar-refractivity contribution is 6.30. The zero-order valence-corrected chi connectivity index (χ0v) is 9.44. The number of benzene rings is 1. The van der Waals surface area contributed by atoms with E-state index in [9.17, 15) is 0 Å². The highest BCUT2D eigenvalue weighted by Crippen LogP contribution is 2.18. The predicted molar refractivity (Wildman–Crippen MR) is 66.0 cm³/mol. The number of hydrogen-bond donors (Lipinski definition) is 2. The lowest BCUT2D eigenvalue weighted by molar-refractivity contribution is 1.17. The second-order valence-electron chi connectivity index (χ2n) is 3.16. The van der Waals surface area contributed by atoms with Crippen LogP contribution in [-0.4, -0.2) is 9.97 Å². The number of nitrogens with zero attached hydrogens (tertiary/aromatic N) is 3. The van der Waals surface area contributed by atoms with E-state index in [0.29, 0.717) is 16.7 Å². The van der Waals surface area contributed by atoms with Crippen LogP contribution in [0.2, 0.25) is 5.02 Å². The first-order chi connectivity index (χ1) is 8.28. The second-order valence-corrected chi connectivity index (χ2v) is 3.59. The summed E-state index contributed by atoms with van der Waals surface area (Å²) in [6, 6.07) is 8.86. The molecule has 0 unspecified atom stereocenters. The van der Waals surface area contributed by atoms with Crippen LogP contribution in [0.5, 0.6) is 0 Å². The van der Waals surface area contributed by atoms with Crippen molar-refractivity contribution < 1.29 is 0 Å². The standard InChI is InChI=1S/C11H8ClN5/c12-8-1-3-9(4-2-8)17-11-5-10(14-6-13)15-7-16-11/h1-5,7H,(H2,14,15,16,17). The lowest BCUT2D eigenvalue weighted by atomic mass is 10.3. The molecule has 2 aromatic rings.